The number of ether oxygens (including phenoxy) is 2. The number of hydrogen-bond donors (Lipinski definition) is 1. The molecule has 20 heavy (non-hydrogen) atoms. The molecule has 0 aliphatic rings. The minimum atomic E-state index is -0.710. The molecule has 2 rings (SSSR count). The topological polar surface area (TPSA) is 51.8 Å². The molecule has 1 unspecified atom stereocenters. The average molecular weight is 341 g/mol. The van der Waals surface area contributed by atoms with E-state index in [1.807, 2.05) is 25.1 Å². The fourth-order valence-corrected chi connectivity index (χ4v) is 2.41. The lowest BCUT2D eigenvalue weighted by Gasteiger charge is -2.13. The van der Waals surface area contributed by atoms with E-state index in [0.29, 0.717) is 19.0 Å². The molecular formula is C15H17BrO4. The van der Waals surface area contributed by atoms with Gasteiger partial charge in [0.2, 0.25) is 0 Å². The Morgan fingerprint density at radius 1 is 1.30 bits per heavy atom. The van der Waals surface area contributed by atoms with Crippen molar-refractivity contribution in [2.45, 2.75) is 13.0 Å². The van der Waals surface area contributed by atoms with Gasteiger partial charge < -0.3 is 19.0 Å². The normalized spacial score (nSPS) is 12.4. The summed E-state index contributed by atoms with van der Waals surface area (Å²) in [7, 11) is 1.63. The van der Waals surface area contributed by atoms with Crippen molar-refractivity contribution >= 4 is 15.9 Å². The number of methoxy groups -OCH3 is 1. The highest BCUT2D eigenvalue weighted by atomic mass is 79.9. The van der Waals surface area contributed by atoms with E-state index >= 15 is 0 Å². The van der Waals surface area contributed by atoms with Gasteiger partial charge in [-0.2, -0.15) is 0 Å². The number of hydrogen-bond acceptors (Lipinski definition) is 4. The third-order valence-corrected chi connectivity index (χ3v) is 3.63. The molecule has 0 saturated heterocycles. The van der Waals surface area contributed by atoms with Gasteiger partial charge in [-0.05, 0) is 46.6 Å². The van der Waals surface area contributed by atoms with Gasteiger partial charge in [-0.25, -0.2) is 0 Å². The van der Waals surface area contributed by atoms with Crippen LogP contribution >= 0.6 is 15.9 Å². The highest BCUT2D eigenvalue weighted by molar-refractivity contribution is 9.10. The van der Waals surface area contributed by atoms with Gasteiger partial charge in [0.1, 0.15) is 24.2 Å². The molecule has 0 bridgehead atoms. The lowest BCUT2D eigenvalue weighted by molar-refractivity contribution is 0.146. The van der Waals surface area contributed by atoms with Crippen molar-refractivity contribution in [1.29, 1.82) is 0 Å². The predicted octanol–water partition coefficient (Wildman–Crippen LogP) is 3.46. The van der Waals surface area contributed by atoms with Crippen LogP contribution in [0.2, 0.25) is 0 Å². The molecule has 0 aliphatic carbocycles. The molecule has 1 heterocycles. The molecular weight excluding hydrogens is 324 g/mol. The largest absolute Gasteiger partial charge is 0.490 e. The minimum Gasteiger partial charge on any atom is -0.490 e. The molecule has 1 N–H and O–H groups in total. The highest BCUT2D eigenvalue weighted by Crippen LogP contribution is 2.32. The zero-order valence-corrected chi connectivity index (χ0v) is 13.0. The number of aliphatic hydroxyl groups is 1. The Bertz CT molecular complexity index is 565. The third-order valence-electron chi connectivity index (χ3n) is 3.01. The van der Waals surface area contributed by atoms with Gasteiger partial charge in [-0.15, -0.1) is 0 Å². The molecule has 1 aromatic carbocycles. The van der Waals surface area contributed by atoms with Crippen LogP contribution in [0.1, 0.15) is 23.0 Å². The van der Waals surface area contributed by atoms with E-state index in [0.717, 1.165) is 21.3 Å². The van der Waals surface area contributed by atoms with Gasteiger partial charge in [0.05, 0.1) is 17.3 Å². The van der Waals surface area contributed by atoms with E-state index in [4.69, 9.17) is 13.9 Å². The predicted molar refractivity (Wildman–Crippen MR) is 79.0 cm³/mol. The molecule has 0 saturated carbocycles. The first-order valence-corrected chi connectivity index (χ1v) is 7.06. The summed E-state index contributed by atoms with van der Waals surface area (Å²) < 4.78 is 16.5. The van der Waals surface area contributed by atoms with Crippen molar-refractivity contribution in [2.24, 2.45) is 0 Å². The maximum atomic E-state index is 10.3. The molecule has 0 spiro atoms. The maximum absolute atomic E-state index is 10.3. The molecule has 108 valence electrons. The molecule has 0 fully saturated rings. The van der Waals surface area contributed by atoms with E-state index in [2.05, 4.69) is 15.9 Å². The first-order valence-electron chi connectivity index (χ1n) is 6.26. The van der Waals surface area contributed by atoms with E-state index in [-0.39, 0.29) is 0 Å². The first kappa shape index (κ1) is 15.1. The fourth-order valence-electron chi connectivity index (χ4n) is 1.90. The van der Waals surface area contributed by atoms with Gasteiger partial charge in [0, 0.05) is 12.7 Å². The van der Waals surface area contributed by atoms with Crippen LogP contribution in [0.3, 0.4) is 0 Å². The number of aryl methyl sites for hydroxylation is 1. The summed E-state index contributed by atoms with van der Waals surface area (Å²) in [4.78, 5) is 0. The molecule has 1 aromatic heterocycles. The quantitative estimate of drug-likeness (QED) is 0.818. The van der Waals surface area contributed by atoms with Crippen LogP contribution in [0.5, 0.6) is 5.75 Å². The number of aliphatic hydroxyl groups excluding tert-OH is 1. The van der Waals surface area contributed by atoms with Gasteiger partial charge in [0.15, 0.2) is 0 Å². The van der Waals surface area contributed by atoms with Crippen LogP contribution in [0, 0.1) is 6.92 Å². The maximum Gasteiger partial charge on any atom is 0.133 e. The minimum absolute atomic E-state index is 0.484. The molecule has 0 radical (unpaired) electrons. The summed E-state index contributed by atoms with van der Waals surface area (Å²) in [6, 6.07) is 7.29. The zero-order valence-electron chi connectivity index (χ0n) is 11.4. The van der Waals surface area contributed by atoms with Crippen molar-refractivity contribution in [3.63, 3.8) is 0 Å². The second-order valence-corrected chi connectivity index (χ2v) is 5.22. The summed E-state index contributed by atoms with van der Waals surface area (Å²) in [6.45, 7) is 2.85. The van der Waals surface area contributed by atoms with Crippen LogP contribution in [0.4, 0.5) is 0 Å². The number of rotatable bonds is 6. The lowest BCUT2D eigenvalue weighted by Crippen LogP contribution is -2.05. The molecule has 2 aromatic rings. The van der Waals surface area contributed by atoms with Gasteiger partial charge in [0.25, 0.3) is 0 Å². The smallest absolute Gasteiger partial charge is 0.133 e. The average Bonchev–Trinajstić information content (AvgIpc) is 2.86. The van der Waals surface area contributed by atoms with Crippen LogP contribution < -0.4 is 4.74 Å². The van der Waals surface area contributed by atoms with Crippen LogP contribution in [-0.4, -0.2) is 25.4 Å². The lowest BCUT2D eigenvalue weighted by atomic mass is 10.0. The van der Waals surface area contributed by atoms with Crippen molar-refractivity contribution < 1.29 is 19.0 Å². The van der Waals surface area contributed by atoms with Crippen LogP contribution in [-0.2, 0) is 4.74 Å². The molecule has 5 heteroatoms. The summed E-state index contributed by atoms with van der Waals surface area (Å²) in [5.74, 6) is 1.44. The number of furan rings is 1. The Morgan fingerprint density at radius 3 is 2.70 bits per heavy atom. The van der Waals surface area contributed by atoms with Crippen molar-refractivity contribution in [3.05, 3.63) is 51.9 Å². The van der Waals surface area contributed by atoms with Crippen molar-refractivity contribution in [2.75, 3.05) is 20.3 Å². The first-order chi connectivity index (χ1) is 9.63. The number of halogens is 1. The number of benzene rings is 1. The Morgan fingerprint density at radius 2 is 2.10 bits per heavy atom. The summed E-state index contributed by atoms with van der Waals surface area (Å²) in [5, 5.41) is 10.3. The molecule has 1 atom stereocenters. The third kappa shape index (κ3) is 3.42. The monoisotopic (exact) mass is 340 g/mol. The van der Waals surface area contributed by atoms with Crippen LogP contribution in [0.15, 0.2) is 39.4 Å². The summed E-state index contributed by atoms with van der Waals surface area (Å²) in [6.07, 6.45) is 0.864. The van der Waals surface area contributed by atoms with Gasteiger partial charge in [-0.3, -0.25) is 0 Å². The summed E-state index contributed by atoms with van der Waals surface area (Å²) >= 11 is 3.45. The van der Waals surface area contributed by atoms with Gasteiger partial charge >= 0.3 is 0 Å². The fraction of sp³-hybridized carbons (Fsp3) is 0.333. The van der Waals surface area contributed by atoms with Gasteiger partial charge in [-0.1, -0.05) is 6.07 Å². The zero-order chi connectivity index (χ0) is 14.5. The summed E-state index contributed by atoms with van der Waals surface area (Å²) in [5.41, 5.74) is 1.55. The second kappa shape index (κ2) is 6.92. The Balaban J connectivity index is 2.14. The van der Waals surface area contributed by atoms with E-state index in [1.54, 1.807) is 19.4 Å². The Hall–Kier alpha value is -1.30. The SMILES string of the molecule is COCCOc1ccc(C(O)c2ccoc2C)cc1Br. The van der Waals surface area contributed by atoms with Crippen LogP contribution in [0.25, 0.3) is 0 Å². The van der Waals surface area contributed by atoms with Crippen molar-refractivity contribution in [1.82, 2.24) is 0 Å². The standard InChI is InChI=1S/C15H17BrO4/c1-10-12(5-6-19-10)15(17)11-3-4-14(13(16)9-11)20-8-7-18-2/h3-6,9,15,17H,7-8H2,1-2H3. The molecule has 0 aliphatic heterocycles. The van der Waals surface area contributed by atoms with E-state index in [9.17, 15) is 5.11 Å². The molecule has 4 nitrogen and oxygen atoms in total. The Kier molecular flexibility index (Phi) is 5.23. The van der Waals surface area contributed by atoms with E-state index in [1.165, 1.54) is 0 Å². The van der Waals surface area contributed by atoms with Crippen molar-refractivity contribution in [3.8, 4) is 5.75 Å². The second-order valence-electron chi connectivity index (χ2n) is 4.37. The molecule has 0 amide bonds. The highest BCUT2D eigenvalue weighted by Gasteiger charge is 2.16. The van der Waals surface area contributed by atoms with E-state index < -0.39 is 6.10 Å². The Labute approximate surface area is 126 Å².